The molecule has 4 heteroatoms. The van der Waals surface area contributed by atoms with Crippen LogP contribution >= 0.6 is 0 Å². The Morgan fingerprint density at radius 2 is 1.76 bits per heavy atom. The topological polar surface area (TPSA) is 57.6 Å². The normalized spacial score (nSPS) is 29.6. The predicted octanol–water partition coefficient (Wildman–Crippen LogP) is 2.56. The van der Waals surface area contributed by atoms with Crippen LogP contribution in [0.2, 0.25) is 0 Å². The molecule has 1 aromatic carbocycles. The molecule has 0 radical (unpaired) electrons. The average Bonchev–Trinajstić information content (AvgIpc) is 3.09. The third-order valence-electron chi connectivity index (χ3n) is 4.68. The average molecular weight is 285 g/mol. The van der Waals surface area contributed by atoms with E-state index in [0.29, 0.717) is 6.54 Å². The lowest BCUT2D eigenvalue weighted by Gasteiger charge is -2.30. The lowest BCUT2D eigenvalue weighted by atomic mass is 9.82. The van der Waals surface area contributed by atoms with E-state index in [-0.39, 0.29) is 17.7 Å². The molecular formula is C17H19NO3. The maximum absolute atomic E-state index is 12.9. The Balaban J connectivity index is 1.90. The molecule has 1 N–H and O–H groups in total. The van der Waals surface area contributed by atoms with E-state index in [2.05, 4.69) is 0 Å². The summed E-state index contributed by atoms with van der Waals surface area (Å²) in [6, 6.07) is 9.46. The number of amides is 1. The molecule has 0 heterocycles. The predicted molar refractivity (Wildman–Crippen MR) is 79.8 cm³/mol. The first-order valence-electron chi connectivity index (χ1n) is 7.41. The van der Waals surface area contributed by atoms with Gasteiger partial charge in [0.15, 0.2) is 0 Å². The number of allylic oxidation sites excluding steroid dienone is 2. The van der Waals surface area contributed by atoms with Gasteiger partial charge in [-0.3, -0.25) is 9.59 Å². The summed E-state index contributed by atoms with van der Waals surface area (Å²) in [6.45, 7) is 2.47. The van der Waals surface area contributed by atoms with Crippen LogP contribution in [0.25, 0.3) is 0 Å². The summed E-state index contributed by atoms with van der Waals surface area (Å²) in [5, 5.41) is 9.48. The summed E-state index contributed by atoms with van der Waals surface area (Å²) in [5.74, 6) is -1.84. The van der Waals surface area contributed by atoms with Gasteiger partial charge in [-0.15, -0.1) is 0 Å². The van der Waals surface area contributed by atoms with E-state index in [1.807, 2.05) is 49.4 Å². The van der Waals surface area contributed by atoms with Gasteiger partial charge in [0.05, 0.1) is 11.8 Å². The van der Waals surface area contributed by atoms with Crippen LogP contribution in [-0.2, 0) is 9.59 Å². The number of carbonyl (C=O) groups excluding carboxylic acids is 1. The number of rotatable bonds is 4. The Labute approximate surface area is 124 Å². The number of anilines is 1. The first kappa shape index (κ1) is 13.9. The number of fused-ring (bicyclic) bond motifs is 2. The second-order valence-corrected chi connectivity index (χ2v) is 5.76. The number of carbonyl (C=O) groups is 2. The summed E-state index contributed by atoms with van der Waals surface area (Å²) >= 11 is 0. The fourth-order valence-corrected chi connectivity index (χ4v) is 3.75. The highest BCUT2D eigenvalue weighted by Crippen LogP contribution is 2.49. The molecule has 0 aliphatic heterocycles. The van der Waals surface area contributed by atoms with Crippen LogP contribution in [0, 0.1) is 23.7 Å². The number of aliphatic carboxylic acids is 1. The highest BCUT2D eigenvalue weighted by molar-refractivity contribution is 5.98. The Morgan fingerprint density at radius 3 is 2.33 bits per heavy atom. The zero-order chi connectivity index (χ0) is 15.0. The monoisotopic (exact) mass is 285 g/mol. The summed E-state index contributed by atoms with van der Waals surface area (Å²) in [6.07, 6.45) is 4.78. The Bertz CT molecular complexity index is 581. The van der Waals surface area contributed by atoms with E-state index in [4.69, 9.17) is 0 Å². The smallest absolute Gasteiger partial charge is 0.307 e. The molecule has 1 aromatic rings. The van der Waals surface area contributed by atoms with Crippen LogP contribution in [0.4, 0.5) is 5.69 Å². The van der Waals surface area contributed by atoms with Crippen molar-refractivity contribution in [1.82, 2.24) is 0 Å². The maximum atomic E-state index is 12.9. The van der Waals surface area contributed by atoms with Gasteiger partial charge in [-0.1, -0.05) is 30.4 Å². The SMILES string of the molecule is CCN(C(=O)[C@H]1C2C=CC(C2)[C@H]1C(=O)O)c1ccccc1. The van der Waals surface area contributed by atoms with Crippen LogP contribution in [0.15, 0.2) is 42.5 Å². The molecule has 0 saturated heterocycles. The summed E-state index contributed by atoms with van der Waals surface area (Å²) < 4.78 is 0. The Kier molecular flexibility index (Phi) is 3.53. The van der Waals surface area contributed by atoms with E-state index >= 15 is 0 Å². The van der Waals surface area contributed by atoms with Gasteiger partial charge in [0, 0.05) is 12.2 Å². The van der Waals surface area contributed by atoms with Gasteiger partial charge in [-0.2, -0.15) is 0 Å². The van der Waals surface area contributed by atoms with E-state index in [1.54, 1.807) is 4.90 Å². The molecule has 1 fully saturated rings. The highest BCUT2D eigenvalue weighted by Gasteiger charge is 2.52. The highest BCUT2D eigenvalue weighted by atomic mass is 16.4. The lowest BCUT2D eigenvalue weighted by Crippen LogP contribution is -2.43. The second kappa shape index (κ2) is 5.35. The molecule has 2 bridgehead atoms. The van der Waals surface area contributed by atoms with E-state index < -0.39 is 17.8 Å². The number of hydrogen-bond acceptors (Lipinski definition) is 2. The van der Waals surface area contributed by atoms with Gasteiger partial charge in [-0.25, -0.2) is 0 Å². The number of para-hydroxylation sites is 1. The molecule has 21 heavy (non-hydrogen) atoms. The molecule has 4 atom stereocenters. The van der Waals surface area contributed by atoms with Crippen molar-refractivity contribution >= 4 is 17.6 Å². The molecule has 110 valence electrons. The molecule has 2 aliphatic carbocycles. The minimum atomic E-state index is -0.852. The van der Waals surface area contributed by atoms with Crippen LogP contribution < -0.4 is 4.90 Å². The van der Waals surface area contributed by atoms with Crippen molar-refractivity contribution in [3.05, 3.63) is 42.5 Å². The maximum Gasteiger partial charge on any atom is 0.307 e. The zero-order valence-electron chi connectivity index (χ0n) is 12.0. The summed E-state index contributed by atoms with van der Waals surface area (Å²) in [5.41, 5.74) is 0.834. The fourth-order valence-electron chi connectivity index (χ4n) is 3.75. The lowest BCUT2D eigenvalue weighted by molar-refractivity contribution is -0.147. The molecule has 4 nitrogen and oxygen atoms in total. The van der Waals surface area contributed by atoms with Crippen LogP contribution in [0.3, 0.4) is 0 Å². The van der Waals surface area contributed by atoms with Crippen molar-refractivity contribution in [3.8, 4) is 0 Å². The van der Waals surface area contributed by atoms with E-state index in [9.17, 15) is 14.7 Å². The molecule has 2 unspecified atom stereocenters. The van der Waals surface area contributed by atoms with Crippen molar-refractivity contribution in [1.29, 1.82) is 0 Å². The van der Waals surface area contributed by atoms with Gasteiger partial charge < -0.3 is 10.0 Å². The molecule has 3 rings (SSSR count). The third kappa shape index (κ3) is 2.24. The molecule has 0 spiro atoms. The van der Waals surface area contributed by atoms with Gasteiger partial charge in [0.1, 0.15) is 0 Å². The molecular weight excluding hydrogens is 266 g/mol. The van der Waals surface area contributed by atoms with Gasteiger partial charge in [0.25, 0.3) is 0 Å². The zero-order valence-corrected chi connectivity index (χ0v) is 12.0. The molecule has 0 aromatic heterocycles. The van der Waals surface area contributed by atoms with Crippen LogP contribution in [0.1, 0.15) is 13.3 Å². The second-order valence-electron chi connectivity index (χ2n) is 5.76. The Morgan fingerprint density at radius 1 is 1.14 bits per heavy atom. The summed E-state index contributed by atoms with van der Waals surface area (Å²) in [7, 11) is 0. The number of hydrogen-bond donors (Lipinski definition) is 1. The van der Waals surface area contributed by atoms with Gasteiger partial charge >= 0.3 is 5.97 Å². The standard InChI is InChI=1S/C17H19NO3/c1-2-18(13-6-4-3-5-7-13)16(19)14-11-8-9-12(10-11)15(14)17(20)21/h3-9,11-12,14-15H,2,10H2,1H3,(H,20,21)/t11?,12?,14-,15+/m0/s1. The molecule has 1 amide bonds. The fraction of sp³-hybridized carbons (Fsp3) is 0.412. The van der Waals surface area contributed by atoms with Gasteiger partial charge in [0.2, 0.25) is 5.91 Å². The van der Waals surface area contributed by atoms with Crippen molar-refractivity contribution in [3.63, 3.8) is 0 Å². The van der Waals surface area contributed by atoms with Crippen LogP contribution in [-0.4, -0.2) is 23.5 Å². The minimum absolute atomic E-state index is 0.0101. The quantitative estimate of drug-likeness (QED) is 0.865. The Hall–Kier alpha value is -2.10. The van der Waals surface area contributed by atoms with E-state index in [0.717, 1.165) is 12.1 Å². The largest absolute Gasteiger partial charge is 0.481 e. The number of carboxylic acid groups (broad SMARTS) is 1. The first-order chi connectivity index (χ1) is 10.1. The third-order valence-corrected chi connectivity index (χ3v) is 4.68. The number of benzene rings is 1. The van der Waals surface area contributed by atoms with Crippen molar-refractivity contribution in [2.24, 2.45) is 23.7 Å². The molecule has 2 aliphatic rings. The van der Waals surface area contributed by atoms with Crippen molar-refractivity contribution < 1.29 is 14.7 Å². The van der Waals surface area contributed by atoms with Gasteiger partial charge in [-0.05, 0) is 37.3 Å². The van der Waals surface area contributed by atoms with Crippen molar-refractivity contribution in [2.75, 3.05) is 11.4 Å². The minimum Gasteiger partial charge on any atom is -0.481 e. The van der Waals surface area contributed by atoms with Crippen molar-refractivity contribution in [2.45, 2.75) is 13.3 Å². The number of nitrogens with zero attached hydrogens (tertiary/aromatic N) is 1. The first-order valence-corrected chi connectivity index (χ1v) is 7.41. The molecule has 1 saturated carbocycles. The van der Waals surface area contributed by atoms with Crippen LogP contribution in [0.5, 0.6) is 0 Å². The summed E-state index contributed by atoms with van der Waals surface area (Å²) in [4.78, 5) is 26.2. The number of carboxylic acids is 1. The van der Waals surface area contributed by atoms with E-state index in [1.165, 1.54) is 0 Å².